The maximum atomic E-state index is 13.7. The molecule has 0 aromatic heterocycles. The predicted molar refractivity (Wildman–Crippen MR) is 112 cm³/mol. The van der Waals surface area contributed by atoms with Crippen LogP contribution >= 0.6 is 0 Å². The largest absolute Gasteiger partial charge is 0.465 e. The lowest BCUT2D eigenvalue weighted by atomic mass is 9.73. The molecular weight excluding hydrogens is 400 g/mol. The molecule has 4 aliphatic heterocycles. The molecule has 31 heavy (non-hydrogen) atoms. The van der Waals surface area contributed by atoms with Crippen LogP contribution in [0.5, 0.6) is 0 Å². The van der Waals surface area contributed by atoms with Crippen molar-refractivity contribution >= 4 is 17.8 Å². The quantitative estimate of drug-likeness (QED) is 0.527. The van der Waals surface area contributed by atoms with Crippen LogP contribution in [0.25, 0.3) is 0 Å². The van der Waals surface area contributed by atoms with E-state index >= 15 is 0 Å². The average Bonchev–Trinajstić information content (AvgIpc) is 3.10. The van der Waals surface area contributed by atoms with Crippen molar-refractivity contribution < 1.29 is 29.0 Å². The summed E-state index contributed by atoms with van der Waals surface area (Å²) >= 11 is 0. The first-order valence-corrected chi connectivity index (χ1v) is 11.3. The van der Waals surface area contributed by atoms with Crippen LogP contribution in [0.15, 0.2) is 24.3 Å². The van der Waals surface area contributed by atoms with E-state index in [1.54, 1.807) is 4.90 Å². The van der Waals surface area contributed by atoms with Gasteiger partial charge in [-0.15, -0.1) is 0 Å². The summed E-state index contributed by atoms with van der Waals surface area (Å²) in [6.07, 6.45) is 9.49. The van der Waals surface area contributed by atoms with Crippen LogP contribution in [0.3, 0.4) is 0 Å². The second-order valence-electron chi connectivity index (χ2n) is 9.08. The van der Waals surface area contributed by atoms with Crippen molar-refractivity contribution in [3.8, 4) is 0 Å². The van der Waals surface area contributed by atoms with Gasteiger partial charge in [0.25, 0.3) is 0 Å². The SMILES string of the molecule is CC[C@@]12/C=C\CCCOC(=O)[C@@H]1[C@H]1C(=O)N(CCO)C3C(=O)N(C(C)C)CC=C[C@@]31O2. The van der Waals surface area contributed by atoms with Gasteiger partial charge in [-0.1, -0.05) is 31.2 Å². The highest BCUT2D eigenvalue weighted by Crippen LogP contribution is 2.58. The number of nitrogens with zero attached hydrogens (tertiary/aromatic N) is 2. The van der Waals surface area contributed by atoms with Gasteiger partial charge in [0.05, 0.1) is 19.1 Å². The third-order valence-electron chi connectivity index (χ3n) is 7.13. The number of aliphatic hydroxyl groups excluding tert-OH is 1. The van der Waals surface area contributed by atoms with E-state index < -0.39 is 35.0 Å². The Morgan fingerprint density at radius 3 is 2.61 bits per heavy atom. The van der Waals surface area contributed by atoms with Gasteiger partial charge in [-0.3, -0.25) is 14.4 Å². The topological polar surface area (TPSA) is 96.4 Å². The number of ether oxygens (including phenoxy) is 2. The van der Waals surface area contributed by atoms with Crippen molar-refractivity contribution in [1.82, 2.24) is 9.80 Å². The zero-order valence-electron chi connectivity index (χ0n) is 18.5. The van der Waals surface area contributed by atoms with Gasteiger partial charge in [-0.05, 0) is 33.1 Å². The molecule has 8 heteroatoms. The van der Waals surface area contributed by atoms with Crippen molar-refractivity contribution in [2.24, 2.45) is 11.8 Å². The van der Waals surface area contributed by atoms with Crippen LogP contribution in [0.2, 0.25) is 0 Å². The predicted octanol–water partition coefficient (Wildman–Crippen LogP) is 1.04. The minimum Gasteiger partial charge on any atom is -0.465 e. The normalized spacial score (nSPS) is 38.7. The Labute approximate surface area is 182 Å². The molecular formula is C23H32N2O6. The summed E-state index contributed by atoms with van der Waals surface area (Å²) in [5.74, 6) is -2.76. The molecule has 2 saturated heterocycles. The minimum atomic E-state index is -1.28. The van der Waals surface area contributed by atoms with Crippen molar-refractivity contribution in [3.63, 3.8) is 0 Å². The maximum absolute atomic E-state index is 13.7. The Balaban J connectivity index is 1.90. The number of β-amino-alcohol motifs (C(OH)–C–C–N with tert-alkyl or cyclic N) is 1. The first-order valence-electron chi connectivity index (χ1n) is 11.3. The van der Waals surface area contributed by atoms with Gasteiger partial charge in [0.2, 0.25) is 11.8 Å². The number of cyclic esters (lactones) is 1. The Morgan fingerprint density at radius 1 is 1.16 bits per heavy atom. The van der Waals surface area contributed by atoms with E-state index in [0.717, 1.165) is 6.42 Å². The summed E-state index contributed by atoms with van der Waals surface area (Å²) < 4.78 is 12.3. The molecule has 0 bridgehead atoms. The molecule has 2 fully saturated rings. The molecule has 0 saturated carbocycles. The van der Waals surface area contributed by atoms with Gasteiger partial charge in [0, 0.05) is 19.1 Å². The summed E-state index contributed by atoms with van der Waals surface area (Å²) in [5, 5.41) is 9.65. The van der Waals surface area contributed by atoms with E-state index in [4.69, 9.17) is 9.47 Å². The third kappa shape index (κ3) is 3.14. The highest BCUT2D eigenvalue weighted by Gasteiger charge is 2.75. The second-order valence-corrected chi connectivity index (χ2v) is 9.08. The van der Waals surface area contributed by atoms with Crippen LogP contribution < -0.4 is 0 Å². The summed E-state index contributed by atoms with van der Waals surface area (Å²) in [5.41, 5.74) is -2.31. The van der Waals surface area contributed by atoms with Gasteiger partial charge < -0.3 is 24.4 Å². The van der Waals surface area contributed by atoms with E-state index in [1.165, 1.54) is 4.90 Å². The fourth-order valence-electron chi connectivity index (χ4n) is 5.70. The summed E-state index contributed by atoms with van der Waals surface area (Å²) in [6, 6.07) is -1.00. The monoisotopic (exact) mass is 432 g/mol. The minimum absolute atomic E-state index is 0.00730. The lowest BCUT2D eigenvalue weighted by Gasteiger charge is -2.39. The number of allylic oxidation sites excluding steroid dienone is 1. The molecule has 0 aliphatic carbocycles. The molecule has 4 aliphatic rings. The molecule has 0 aromatic carbocycles. The Kier molecular flexibility index (Phi) is 5.72. The zero-order valence-corrected chi connectivity index (χ0v) is 18.5. The number of likely N-dealkylation sites (tertiary alicyclic amines) is 1. The van der Waals surface area contributed by atoms with E-state index in [-0.39, 0.29) is 37.6 Å². The average molecular weight is 433 g/mol. The number of carbonyl (C=O) groups excluding carboxylic acids is 3. The van der Waals surface area contributed by atoms with Crippen LogP contribution in [0.1, 0.15) is 40.0 Å². The molecule has 8 nitrogen and oxygen atoms in total. The molecule has 1 N–H and O–H groups in total. The van der Waals surface area contributed by atoms with E-state index in [9.17, 15) is 19.5 Å². The van der Waals surface area contributed by atoms with Crippen molar-refractivity contribution in [3.05, 3.63) is 24.3 Å². The molecule has 1 spiro atoms. The van der Waals surface area contributed by atoms with E-state index in [0.29, 0.717) is 19.4 Å². The molecule has 170 valence electrons. The fraction of sp³-hybridized carbons (Fsp3) is 0.696. The van der Waals surface area contributed by atoms with Gasteiger partial charge in [0.1, 0.15) is 23.2 Å². The van der Waals surface area contributed by atoms with Crippen molar-refractivity contribution in [2.45, 2.75) is 63.3 Å². The number of esters is 1. The Bertz CT molecular complexity index is 823. The number of aliphatic hydroxyl groups is 1. The molecule has 4 heterocycles. The summed E-state index contributed by atoms with van der Waals surface area (Å²) in [7, 11) is 0. The molecule has 1 unspecified atom stereocenters. The highest BCUT2D eigenvalue weighted by atomic mass is 16.6. The smallest absolute Gasteiger partial charge is 0.313 e. The van der Waals surface area contributed by atoms with Gasteiger partial charge >= 0.3 is 5.97 Å². The first kappa shape index (κ1) is 22.0. The first-order chi connectivity index (χ1) is 14.8. The molecule has 0 aromatic rings. The lowest BCUT2D eigenvalue weighted by Crippen LogP contribution is -2.57. The number of amides is 2. The second kappa shape index (κ2) is 8.06. The van der Waals surface area contributed by atoms with Gasteiger partial charge in [-0.25, -0.2) is 0 Å². The van der Waals surface area contributed by atoms with Crippen molar-refractivity contribution in [1.29, 1.82) is 0 Å². The third-order valence-corrected chi connectivity index (χ3v) is 7.13. The Hall–Kier alpha value is -2.19. The number of rotatable bonds is 4. The van der Waals surface area contributed by atoms with Crippen LogP contribution in [-0.2, 0) is 23.9 Å². The molecule has 5 atom stereocenters. The summed E-state index contributed by atoms with van der Waals surface area (Å²) in [6.45, 7) is 6.19. The number of carbonyl (C=O) groups is 3. The lowest BCUT2D eigenvalue weighted by molar-refractivity contribution is -0.161. The van der Waals surface area contributed by atoms with E-state index in [2.05, 4.69) is 0 Å². The van der Waals surface area contributed by atoms with E-state index in [1.807, 2.05) is 45.1 Å². The van der Waals surface area contributed by atoms with Crippen molar-refractivity contribution in [2.75, 3.05) is 26.3 Å². The van der Waals surface area contributed by atoms with Crippen LogP contribution in [0.4, 0.5) is 0 Å². The maximum Gasteiger partial charge on any atom is 0.313 e. The number of hydrogen-bond acceptors (Lipinski definition) is 6. The molecule has 0 radical (unpaired) electrons. The van der Waals surface area contributed by atoms with Gasteiger partial charge in [-0.2, -0.15) is 0 Å². The van der Waals surface area contributed by atoms with Crippen LogP contribution in [-0.4, -0.2) is 82.3 Å². The molecule has 4 rings (SSSR count). The highest BCUT2D eigenvalue weighted by molar-refractivity contribution is 5.99. The standard InChI is InChI=1S/C23H32N2O6/c1-4-22-9-6-5-7-14-30-21(29)17(22)16-19(27)25(12-13-26)18-20(28)24(15(2)3)11-8-10-23(16,18)31-22/h6,8-10,15-18,26H,4-5,7,11-14H2,1-3H3/b9-6-/t16-,17-,18?,22+,23-/m0/s1. The zero-order chi connectivity index (χ0) is 22.4. The fourth-order valence-corrected chi connectivity index (χ4v) is 5.70. The molecule has 2 amide bonds. The van der Waals surface area contributed by atoms with Gasteiger partial charge in [0.15, 0.2) is 0 Å². The van der Waals surface area contributed by atoms with Crippen LogP contribution in [0, 0.1) is 11.8 Å². The number of hydrogen-bond donors (Lipinski definition) is 1. The number of fused-ring (bicyclic) bond motifs is 2. The summed E-state index contributed by atoms with van der Waals surface area (Å²) in [4.78, 5) is 43.8. The Morgan fingerprint density at radius 2 is 1.94 bits per heavy atom.